The predicted octanol–water partition coefficient (Wildman–Crippen LogP) is 3.46. The predicted molar refractivity (Wildman–Crippen MR) is 80.1 cm³/mol. The van der Waals surface area contributed by atoms with Gasteiger partial charge in [-0.3, -0.25) is 4.79 Å². The monoisotopic (exact) mass is 311 g/mol. The Morgan fingerprint density at radius 2 is 1.89 bits per heavy atom. The van der Waals surface area contributed by atoms with Crippen LogP contribution in [0.2, 0.25) is 0 Å². The van der Waals surface area contributed by atoms with Crippen molar-refractivity contribution in [3.05, 3.63) is 35.4 Å². The van der Waals surface area contributed by atoms with Gasteiger partial charge < -0.3 is 5.32 Å². The van der Waals surface area contributed by atoms with Gasteiger partial charge in [0.1, 0.15) is 0 Å². The van der Waals surface area contributed by atoms with Crippen LogP contribution in [0.3, 0.4) is 0 Å². The second kappa shape index (κ2) is 7.57. The molecule has 18 heavy (non-hydrogen) atoms. The first kappa shape index (κ1) is 15.2. The summed E-state index contributed by atoms with van der Waals surface area (Å²) in [7, 11) is 0. The first-order valence-electron chi connectivity index (χ1n) is 6.43. The van der Waals surface area contributed by atoms with Gasteiger partial charge in [-0.05, 0) is 24.8 Å². The normalized spacial score (nSPS) is 12.5. The number of benzene rings is 1. The van der Waals surface area contributed by atoms with Crippen LogP contribution in [-0.4, -0.2) is 17.3 Å². The van der Waals surface area contributed by atoms with Crippen LogP contribution in [0.15, 0.2) is 24.3 Å². The van der Waals surface area contributed by atoms with Gasteiger partial charge in [0.25, 0.3) is 0 Å². The summed E-state index contributed by atoms with van der Waals surface area (Å²) in [4.78, 5) is 12.1. The molecule has 1 rings (SSSR count). The van der Waals surface area contributed by atoms with E-state index >= 15 is 0 Å². The molecular weight excluding hydrogens is 290 g/mol. The molecule has 3 heteroatoms. The lowest BCUT2D eigenvalue weighted by atomic mass is 10.1. The molecule has 0 bridgehead atoms. The van der Waals surface area contributed by atoms with Crippen LogP contribution in [0.25, 0.3) is 0 Å². The third kappa shape index (κ3) is 6.20. The van der Waals surface area contributed by atoms with Crippen LogP contribution in [0.5, 0.6) is 0 Å². The minimum Gasteiger partial charge on any atom is -0.355 e. The number of hydrogen-bond acceptors (Lipinski definition) is 1. The fourth-order valence-electron chi connectivity index (χ4n) is 1.77. The second-order valence-corrected chi connectivity index (χ2v) is 6.49. The number of aryl methyl sites for hydroxylation is 1. The van der Waals surface area contributed by atoms with Crippen LogP contribution in [0.4, 0.5) is 0 Å². The summed E-state index contributed by atoms with van der Waals surface area (Å²) < 4.78 is 0. The maximum absolute atomic E-state index is 11.8. The molecule has 0 aliphatic carbocycles. The molecule has 1 unspecified atom stereocenters. The molecule has 0 aromatic heterocycles. The van der Waals surface area contributed by atoms with Crippen molar-refractivity contribution in [2.45, 2.75) is 38.4 Å². The molecule has 0 radical (unpaired) electrons. The van der Waals surface area contributed by atoms with Gasteiger partial charge in [-0.2, -0.15) is 0 Å². The molecule has 0 aliphatic rings. The van der Waals surface area contributed by atoms with Gasteiger partial charge in [0.2, 0.25) is 5.91 Å². The number of halogens is 1. The minimum absolute atomic E-state index is 0.0899. The molecule has 0 heterocycles. The summed E-state index contributed by atoms with van der Waals surface area (Å²) >= 11 is 3.59. The molecule has 1 N–H and O–H groups in total. The molecule has 0 aliphatic heterocycles. The molecule has 1 atom stereocenters. The van der Waals surface area contributed by atoms with Crippen molar-refractivity contribution in [1.29, 1.82) is 0 Å². The van der Waals surface area contributed by atoms with Crippen molar-refractivity contribution in [3.8, 4) is 0 Å². The molecule has 0 saturated heterocycles. The average Bonchev–Trinajstić information content (AvgIpc) is 2.29. The van der Waals surface area contributed by atoms with E-state index in [4.69, 9.17) is 0 Å². The Kier molecular flexibility index (Phi) is 6.41. The number of alkyl halides is 1. The third-order valence-corrected chi connectivity index (χ3v) is 3.43. The lowest BCUT2D eigenvalue weighted by molar-refractivity contribution is -0.120. The number of nitrogens with one attached hydrogen (secondary N) is 1. The zero-order chi connectivity index (χ0) is 13.5. The molecular formula is C15H22BrNO. The topological polar surface area (TPSA) is 29.1 Å². The number of carbonyl (C=O) groups is 1. The van der Waals surface area contributed by atoms with Gasteiger partial charge in [0.05, 0.1) is 6.42 Å². The summed E-state index contributed by atoms with van der Waals surface area (Å²) in [6.45, 7) is 7.11. The Morgan fingerprint density at radius 1 is 1.28 bits per heavy atom. The molecule has 0 fully saturated rings. The third-order valence-electron chi connectivity index (χ3n) is 2.73. The Labute approximate surface area is 118 Å². The van der Waals surface area contributed by atoms with Crippen molar-refractivity contribution in [3.63, 3.8) is 0 Å². The fraction of sp³-hybridized carbons (Fsp3) is 0.533. The van der Waals surface area contributed by atoms with Crippen molar-refractivity contribution in [2.24, 2.45) is 5.92 Å². The van der Waals surface area contributed by atoms with E-state index in [1.165, 1.54) is 5.56 Å². The highest BCUT2D eigenvalue weighted by atomic mass is 79.9. The number of amides is 1. The Balaban J connectivity index is 2.31. The SMILES string of the molecule is Cc1ccc(CC(=O)NCC(Br)CC(C)C)cc1. The largest absolute Gasteiger partial charge is 0.355 e. The van der Waals surface area contributed by atoms with Crippen LogP contribution >= 0.6 is 15.9 Å². The standard InChI is InChI=1S/C15H22BrNO/c1-11(2)8-14(16)10-17-15(18)9-13-6-4-12(3)5-7-13/h4-7,11,14H,8-10H2,1-3H3,(H,17,18). The zero-order valence-corrected chi connectivity index (χ0v) is 13.0. The summed E-state index contributed by atoms with van der Waals surface area (Å²) in [5.41, 5.74) is 2.28. The van der Waals surface area contributed by atoms with Crippen molar-refractivity contribution >= 4 is 21.8 Å². The molecule has 1 aromatic carbocycles. The van der Waals surface area contributed by atoms with Crippen molar-refractivity contribution in [2.75, 3.05) is 6.54 Å². The van der Waals surface area contributed by atoms with E-state index < -0.39 is 0 Å². The van der Waals surface area contributed by atoms with E-state index in [2.05, 4.69) is 35.1 Å². The van der Waals surface area contributed by atoms with Crippen LogP contribution < -0.4 is 5.32 Å². The summed E-state index contributed by atoms with van der Waals surface area (Å²) in [6.07, 6.45) is 1.53. The van der Waals surface area contributed by atoms with Gasteiger partial charge in [-0.1, -0.05) is 59.6 Å². The van der Waals surface area contributed by atoms with Crippen LogP contribution in [0, 0.1) is 12.8 Å². The van der Waals surface area contributed by atoms with Crippen molar-refractivity contribution in [1.82, 2.24) is 5.32 Å². The lowest BCUT2D eigenvalue weighted by Crippen LogP contribution is -2.31. The molecule has 100 valence electrons. The molecule has 2 nitrogen and oxygen atoms in total. The molecule has 1 aromatic rings. The summed E-state index contributed by atoms with van der Waals surface area (Å²) in [6, 6.07) is 8.09. The molecule has 1 amide bonds. The highest BCUT2D eigenvalue weighted by Gasteiger charge is 2.09. The minimum atomic E-state index is 0.0899. The van der Waals surface area contributed by atoms with E-state index in [-0.39, 0.29) is 5.91 Å². The van der Waals surface area contributed by atoms with E-state index in [0.717, 1.165) is 12.0 Å². The Hall–Kier alpha value is -0.830. The van der Waals surface area contributed by atoms with Gasteiger partial charge in [-0.25, -0.2) is 0 Å². The van der Waals surface area contributed by atoms with E-state index in [1.54, 1.807) is 0 Å². The zero-order valence-electron chi connectivity index (χ0n) is 11.4. The first-order valence-corrected chi connectivity index (χ1v) is 7.35. The highest BCUT2D eigenvalue weighted by Crippen LogP contribution is 2.11. The average molecular weight is 312 g/mol. The fourth-order valence-corrected chi connectivity index (χ4v) is 2.68. The molecule has 0 saturated carbocycles. The number of rotatable bonds is 6. The smallest absolute Gasteiger partial charge is 0.224 e. The Bertz CT molecular complexity index is 373. The Morgan fingerprint density at radius 3 is 2.44 bits per heavy atom. The van der Waals surface area contributed by atoms with E-state index in [9.17, 15) is 4.79 Å². The molecule has 0 spiro atoms. The second-order valence-electron chi connectivity index (χ2n) is 5.19. The maximum Gasteiger partial charge on any atom is 0.224 e. The van der Waals surface area contributed by atoms with Gasteiger partial charge in [0, 0.05) is 11.4 Å². The van der Waals surface area contributed by atoms with Crippen LogP contribution in [0.1, 0.15) is 31.4 Å². The van der Waals surface area contributed by atoms with Gasteiger partial charge >= 0.3 is 0 Å². The van der Waals surface area contributed by atoms with Crippen LogP contribution in [-0.2, 0) is 11.2 Å². The van der Waals surface area contributed by atoms with Gasteiger partial charge in [-0.15, -0.1) is 0 Å². The first-order chi connectivity index (χ1) is 8.47. The van der Waals surface area contributed by atoms with E-state index in [0.29, 0.717) is 23.7 Å². The number of carbonyl (C=O) groups excluding carboxylic acids is 1. The maximum atomic E-state index is 11.8. The number of hydrogen-bond donors (Lipinski definition) is 1. The highest BCUT2D eigenvalue weighted by molar-refractivity contribution is 9.09. The lowest BCUT2D eigenvalue weighted by Gasteiger charge is -2.13. The van der Waals surface area contributed by atoms with E-state index in [1.807, 2.05) is 31.2 Å². The quantitative estimate of drug-likeness (QED) is 0.801. The van der Waals surface area contributed by atoms with Crippen molar-refractivity contribution < 1.29 is 4.79 Å². The van der Waals surface area contributed by atoms with Gasteiger partial charge in [0.15, 0.2) is 0 Å². The summed E-state index contributed by atoms with van der Waals surface area (Å²) in [5, 5.41) is 2.97. The summed E-state index contributed by atoms with van der Waals surface area (Å²) in [5.74, 6) is 0.732.